The van der Waals surface area contributed by atoms with Gasteiger partial charge in [-0.1, -0.05) is 18.2 Å². The van der Waals surface area contributed by atoms with Gasteiger partial charge in [-0.2, -0.15) is 4.98 Å². The van der Waals surface area contributed by atoms with Crippen molar-refractivity contribution >= 4 is 22.4 Å². The lowest BCUT2D eigenvalue weighted by Crippen LogP contribution is -2.24. The molecule has 128 valence electrons. The van der Waals surface area contributed by atoms with E-state index < -0.39 is 4.92 Å². The van der Waals surface area contributed by atoms with E-state index in [1.807, 2.05) is 32.0 Å². The molecule has 3 rings (SSSR count). The molecule has 0 aliphatic heterocycles. The standard InChI is InChI=1S/C17H17N5O3/c1-3-21(4-2)16-15(22(23)24)17(20-11-19-16)25-13-9-5-7-12-8-6-10-18-14(12)13/h5-11H,3-4H2,1-2H3. The summed E-state index contributed by atoms with van der Waals surface area (Å²) >= 11 is 0. The predicted molar refractivity (Wildman–Crippen MR) is 94.1 cm³/mol. The fraction of sp³-hybridized carbons (Fsp3) is 0.235. The molecule has 8 heteroatoms. The number of ether oxygens (including phenoxy) is 1. The molecule has 0 spiro atoms. The van der Waals surface area contributed by atoms with Gasteiger partial charge in [-0.15, -0.1) is 0 Å². The van der Waals surface area contributed by atoms with Crippen molar-refractivity contribution < 1.29 is 9.66 Å². The van der Waals surface area contributed by atoms with E-state index in [4.69, 9.17) is 4.74 Å². The minimum absolute atomic E-state index is 0.0972. The van der Waals surface area contributed by atoms with E-state index in [-0.39, 0.29) is 17.4 Å². The largest absolute Gasteiger partial charge is 0.431 e. The predicted octanol–water partition coefficient (Wildman–Crippen LogP) is 3.57. The maximum atomic E-state index is 11.6. The van der Waals surface area contributed by atoms with Crippen molar-refractivity contribution in [2.45, 2.75) is 13.8 Å². The molecule has 0 N–H and O–H groups in total. The van der Waals surface area contributed by atoms with Gasteiger partial charge in [0.15, 0.2) is 5.75 Å². The Bertz CT molecular complexity index is 906. The molecule has 0 aliphatic carbocycles. The van der Waals surface area contributed by atoms with Gasteiger partial charge in [-0.25, -0.2) is 4.98 Å². The molecular formula is C17H17N5O3. The SMILES string of the molecule is CCN(CC)c1ncnc(Oc2cccc3cccnc23)c1[N+](=O)[O-]. The number of hydrogen-bond donors (Lipinski definition) is 0. The molecule has 0 bridgehead atoms. The van der Waals surface area contributed by atoms with E-state index in [1.165, 1.54) is 6.33 Å². The second-order valence-electron chi connectivity index (χ2n) is 5.21. The zero-order chi connectivity index (χ0) is 17.8. The molecule has 0 saturated heterocycles. The number of nitrogens with zero attached hydrogens (tertiary/aromatic N) is 5. The van der Waals surface area contributed by atoms with Crippen molar-refractivity contribution in [3.8, 4) is 11.6 Å². The highest BCUT2D eigenvalue weighted by atomic mass is 16.6. The Balaban J connectivity index is 2.11. The number of hydrogen-bond acceptors (Lipinski definition) is 7. The first-order valence-corrected chi connectivity index (χ1v) is 7.91. The van der Waals surface area contributed by atoms with Crippen LogP contribution in [0.15, 0.2) is 42.9 Å². The Morgan fingerprint density at radius 3 is 2.60 bits per heavy atom. The van der Waals surface area contributed by atoms with Gasteiger partial charge in [-0.3, -0.25) is 15.1 Å². The van der Waals surface area contributed by atoms with Crippen molar-refractivity contribution in [1.29, 1.82) is 0 Å². The number of nitro groups is 1. The third kappa shape index (κ3) is 3.18. The molecule has 0 radical (unpaired) electrons. The molecule has 0 unspecified atom stereocenters. The van der Waals surface area contributed by atoms with Crippen LogP contribution in [0.25, 0.3) is 10.9 Å². The van der Waals surface area contributed by atoms with Gasteiger partial charge in [0.1, 0.15) is 11.8 Å². The normalized spacial score (nSPS) is 10.6. The third-order valence-electron chi connectivity index (χ3n) is 3.82. The van der Waals surface area contributed by atoms with Crippen molar-refractivity contribution in [2.24, 2.45) is 0 Å². The summed E-state index contributed by atoms with van der Waals surface area (Å²) in [6, 6.07) is 9.11. The monoisotopic (exact) mass is 339 g/mol. The number of aromatic nitrogens is 3. The van der Waals surface area contributed by atoms with Crippen LogP contribution in [-0.4, -0.2) is 33.0 Å². The van der Waals surface area contributed by atoms with Crippen molar-refractivity contribution in [2.75, 3.05) is 18.0 Å². The van der Waals surface area contributed by atoms with Gasteiger partial charge in [0, 0.05) is 24.7 Å². The fourth-order valence-electron chi connectivity index (χ4n) is 2.61. The molecule has 2 aromatic heterocycles. The average molecular weight is 339 g/mol. The topological polar surface area (TPSA) is 94.3 Å². The van der Waals surface area contributed by atoms with E-state index in [9.17, 15) is 10.1 Å². The smallest absolute Gasteiger partial charge is 0.373 e. The molecule has 0 atom stereocenters. The fourth-order valence-corrected chi connectivity index (χ4v) is 2.61. The Morgan fingerprint density at radius 1 is 1.12 bits per heavy atom. The molecule has 0 saturated carbocycles. The lowest BCUT2D eigenvalue weighted by Gasteiger charge is -2.19. The second kappa shape index (κ2) is 7.08. The summed E-state index contributed by atoms with van der Waals surface area (Å²) in [5.41, 5.74) is 0.362. The lowest BCUT2D eigenvalue weighted by molar-refractivity contribution is -0.385. The Kier molecular flexibility index (Phi) is 4.69. The summed E-state index contributed by atoms with van der Waals surface area (Å²) in [4.78, 5) is 25.3. The Labute approximate surface area is 144 Å². The van der Waals surface area contributed by atoms with Crippen LogP contribution in [0.5, 0.6) is 11.6 Å². The van der Waals surface area contributed by atoms with Gasteiger partial charge >= 0.3 is 11.6 Å². The number of rotatable bonds is 6. The van der Waals surface area contributed by atoms with E-state index >= 15 is 0 Å². The first kappa shape index (κ1) is 16.6. The van der Waals surface area contributed by atoms with Gasteiger partial charge in [-0.05, 0) is 26.0 Å². The maximum absolute atomic E-state index is 11.6. The molecule has 1 aromatic carbocycles. The highest BCUT2D eigenvalue weighted by Crippen LogP contribution is 2.37. The van der Waals surface area contributed by atoms with Crippen LogP contribution in [0.4, 0.5) is 11.5 Å². The summed E-state index contributed by atoms with van der Waals surface area (Å²) in [6.07, 6.45) is 2.92. The molecule has 25 heavy (non-hydrogen) atoms. The molecule has 3 aromatic rings. The first-order chi connectivity index (χ1) is 12.2. The molecule has 2 heterocycles. The summed E-state index contributed by atoms with van der Waals surface area (Å²) in [7, 11) is 0. The highest BCUT2D eigenvalue weighted by molar-refractivity contribution is 5.84. The first-order valence-electron chi connectivity index (χ1n) is 7.91. The second-order valence-corrected chi connectivity index (χ2v) is 5.21. The average Bonchev–Trinajstić information content (AvgIpc) is 2.63. The minimum atomic E-state index is -0.512. The quantitative estimate of drug-likeness (QED) is 0.500. The van der Waals surface area contributed by atoms with Crippen LogP contribution in [-0.2, 0) is 0 Å². The zero-order valence-corrected chi connectivity index (χ0v) is 13.9. The van der Waals surface area contributed by atoms with Crippen molar-refractivity contribution in [3.05, 3.63) is 53.0 Å². The highest BCUT2D eigenvalue weighted by Gasteiger charge is 2.28. The number of para-hydroxylation sites is 1. The van der Waals surface area contributed by atoms with Gasteiger partial charge in [0.2, 0.25) is 5.82 Å². The summed E-state index contributed by atoms with van der Waals surface area (Å²) in [6.45, 7) is 4.99. The van der Waals surface area contributed by atoms with Crippen LogP contribution < -0.4 is 9.64 Å². The number of pyridine rings is 1. The number of fused-ring (bicyclic) bond motifs is 1. The lowest BCUT2D eigenvalue weighted by atomic mass is 10.2. The van der Waals surface area contributed by atoms with Gasteiger partial charge < -0.3 is 9.64 Å². The summed E-state index contributed by atoms with van der Waals surface area (Å²) < 4.78 is 5.78. The number of anilines is 1. The molecule has 8 nitrogen and oxygen atoms in total. The van der Waals surface area contributed by atoms with Crippen molar-refractivity contribution in [3.63, 3.8) is 0 Å². The molecule has 0 aliphatic rings. The van der Waals surface area contributed by atoms with E-state index in [0.29, 0.717) is 24.4 Å². The molecular weight excluding hydrogens is 322 g/mol. The van der Waals surface area contributed by atoms with Crippen LogP contribution in [0, 0.1) is 10.1 Å². The summed E-state index contributed by atoms with van der Waals surface area (Å²) in [5, 5.41) is 12.5. The van der Waals surface area contributed by atoms with E-state index in [2.05, 4.69) is 15.0 Å². The zero-order valence-electron chi connectivity index (χ0n) is 13.9. The van der Waals surface area contributed by atoms with Crippen molar-refractivity contribution in [1.82, 2.24) is 15.0 Å². The van der Waals surface area contributed by atoms with E-state index in [1.54, 1.807) is 23.2 Å². The minimum Gasteiger partial charge on any atom is -0.431 e. The van der Waals surface area contributed by atoms with E-state index in [0.717, 1.165) is 5.39 Å². The Hall–Kier alpha value is -3.29. The maximum Gasteiger partial charge on any atom is 0.373 e. The van der Waals surface area contributed by atoms with Crippen LogP contribution in [0.3, 0.4) is 0 Å². The molecule has 0 amide bonds. The summed E-state index contributed by atoms with van der Waals surface area (Å²) in [5.74, 6) is 0.554. The molecule has 0 fully saturated rings. The van der Waals surface area contributed by atoms with Crippen LogP contribution in [0.2, 0.25) is 0 Å². The third-order valence-corrected chi connectivity index (χ3v) is 3.82. The van der Waals surface area contributed by atoms with Crippen LogP contribution >= 0.6 is 0 Å². The Morgan fingerprint density at radius 2 is 1.88 bits per heavy atom. The van der Waals surface area contributed by atoms with Gasteiger partial charge in [0.05, 0.1) is 4.92 Å². The number of benzene rings is 1. The van der Waals surface area contributed by atoms with Crippen LogP contribution in [0.1, 0.15) is 13.8 Å². The van der Waals surface area contributed by atoms with Gasteiger partial charge in [0.25, 0.3) is 0 Å².